The Balaban J connectivity index is 1.07. The predicted molar refractivity (Wildman–Crippen MR) is 103 cm³/mol. The van der Waals surface area contributed by atoms with Crippen molar-refractivity contribution in [2.24, 2.45) is 16.7 Å². The number of cyclic esters (lactones) is 1. The maximum absolute atomic E-state index is 12.4. The summed E-state index contributed by atoms with van der Waals surface area (Å²) in [6, 6.07) is -0.0291. The molecule has 3 saturated carbocycles. The van der Waals surface area contributed by atoms with Crippen molar-refractivity contribution in [3.05, 3.63) is 11.8 Å². The van der Waals surface area contributed by atoms with Crippen LogP contribution in [0.5, 0.6) is 0 Å². The number of amides is 2. The molecule has 5 aliphatic rings. The van der Waals surface area contributed by atoms with Crippen molar-refractivity contribution in [2.75, 3.05) is 19.7 Å². The first-order chi connectivity index (χ1) is 13.7. The normalized spacial score (nSPS) is 33.4. The van der Waals surface area contributed by atoms with Crippen LogP contribution in [0.2, 0.25) is 0 Å². The van der Waals surface area contributed by atoms with E-state index in [2.05, 4.69) is 36.3 Å². The minimum absolute atomic E-state index is 0.0291. The highest BCUT2D eigenvalue weighted by atomic mass is 16.6. The van der Waals surface area contributed by atoms with Crippen LogP contribution in [-0.2, 0) is 21.4 Å². The molecule has 2 bridgehead atoms. The molecule has 2 aliphatic heterocycles. The van der Waals surface area contributed by atoms with Gasteiger partial charge in [0.2, 0.25) is 17.7 Å². The van der Waals surface area contributed by atoms with Crippen molar-refractivity contribution < 1.29 is 18.7 Å². The van der Waals surface area contributed by atoms with Crippen LogP contribution >= 0.6 is 0 Å². The number of nitrogens with one attached hydrogen (secondary N) is 1. The fourth-order valence-corrected chi connectivity index (χ4v) is 5.63. The van der Waals surface area contributed by atoms with Gasteiger partial charge in [0.05, 0.1) is 11.5 Å². The summed E-state index contributed by atoms with van der Waals surface area (Å²) >= 11 is 0. The zero-order valence-electron chi connectivity index (χ0n) is 17.5. The molecule has 0 unspecified atom stereocenters. The van der Waals surface area contributed by atoms with Gasteiger partial charge in [0, 0.05) is 25.9 Å². The van der Waals surface area contributed by atoms with Crippen LogP contribution in [0, 0.1) is 16.7 Å². The lowest BCUT2D eigenvalue weighted by atomic mass is 9.31. The minimum atomic E-state index is -0.379. The highest BCUT2D eigenvalue weighted by Gasteiger charge is 2.74. The highest BCUT2D eigenvalue weighted by Crippen LogP contribution is 2.77. The van der Waals surface area contributed by atoms with Crippen molar-refractivity contribution in [3.8, 4) is 0 Å². The largest absolute Gasteiger partial charge is 0.447 e. The lowest BCUT2D eigenvalue weighted by Crippen LogP contribution is -2.73. The van der Waals surface area contributed by atoms with Gasteiger partial charge in [0.15, 0.2) is 0 Å². The summed E-state index contributed by atoms with van der Waals surface area (Å²) in [5.74, 6) is 2.36. The van der Waals surface area contributed by atoms with Crippen molar-refractivity contribution >= 4 is 12.0 Å². The molecular formula is C21H30N4O4. The number of carbonyl (C=O) groups excluding carboxylic acids is 2. The zero-order chi connectivity index (χ0) is 20.4. The number of ether oxygens (including phenoxy) is 1. The van der Waals surface area contributed by atoms with Gasteiger partial charge in [-0.15, -0.1) is 10.2 Å². The van der Waals surface area contributed by atoms with Crippen LogP contribution < -0.4 is 5.32 Å². The van der Waals surface area contributed by atoms with Gasteiger partial charge in [-0.3, -0.25) is 4.79 Å². The number of hydrogen-bond acceptors (Lipinski definition) is 6. The average molecular weight is 402 g/mol. The molecule has 2 amide bonds. The van der Waals surface area contributed by atoms with E-state index in [0.717, 1.165) is 50.6 Å². The maximum atomic E-state index is 12.4. The van der Waals surface area contributed by atoms with Crippen LogP contribution in [0.4, 0.5) is 4.79 Å². The molecule has 8 nitrogen and oxygen atoms in total. The Morgan fingerprint density at radius 1 is 1.24 bits per heavy atom. The van der Waals surface area contributed by atoms with E-state index in [9.17, 15) is 9.59 Å². The summed E-state index contributed by atoms with van der Waals surface area (Å²) in [6.45, 7) is 8.62. The van der Waals surface area contributed by atoms with E-state index in [1.807, 2.05) is 4.90 Å². The maximum Gasteiger partial charge on any atom is 0.407 e. The van der Waals surface area contributed by atoms with Gasteiger partial charge in [0.25, 0.3) is 0 Å². The van der Waals surface area contributed by atoms with E-state index in [4.69, 9.17) is 9.15 Å². The van der Waals surface area contributed by atoms with Crippen molar-refractivity contribution in [2.45, 2.75) is 70.8 Å². The number of likely N-dealkylation sites (tertiary alicyclic amines) is 1. The van der Waals surface area contributed by atoms with Crippen molar-refractivity contribution in [1.82, 2.24) is 20.4 Å². The van der Waals surface area contributed by atoms with Gasteiger partial charge >= 0.3 is 6.09 Å². The van der Waals surface area contributed by atoms with Gasteiger partial charge in [-0.1, -0.05) is 20.8 Å². The number of hydrogen-bond donors (Lipinski definition) is 1. The van der Waals surface area contributed by atoms with E-state index in [1.54, 1.807) is 0 Å². The molecule has 5 fully saturated rings. The first kappa shape index (κ1) is 18.9. The minimum Gasteiger partial charge on any atom is -0.447 e. The molecule has 0 spiro atoms. The van der Waals surface area contributed by atoms with Crippen molar-refractivity contribution in [3.63, 3.8) is 0 Å². The Kier molecular flexibility index (Phi) is 4.03. The van der Waals surface area contributed by atoms with E-state index in [0.29, 0.717) is 30.8 Å². The molecule has 0 aromatic carbocycles. The van der Waals surface area contributed by atoms with Crippen LogP contribution in [-0.4, -0.2) is 52.8 Å². The lowest BCUT2D eigenvalue weighted by Gasteiger charge is -2.74. The third-order valence-electron chi connectivity index (χ3n) is 7.22. The number of alkyl carbamates (subject to hydrolysis) is 1. The predicted octanol–water partition coefficient (Wildman–Crippen LogP) is 2.43. The standard InChI is InChI=1S/C21H30N4O4/c1-19(2,3)6-15-23-24-17(29-15)21-10-20(11-21,12-21)13-7-25(8-13)16(26)5-4-14-9-28-18(27)22-14/h13-14H,4-12H2,1-3H3,(H,22,27)/t14-,20?,21?/m1/s1. The molecule has 1 aromatic rings. The number of carbonyl (C=O) groups is 2. The Bertz CT molecular complexity index is 816. The average Bonchev–Trinajstić information content (AvgIpc) is 3.12. The molecule has 3 heterocycles. The van der Waals surface area contributed by atoms with Gasteiger partial charge in [-0.05, 0) is 42.4 Å². The van der Waals surface area contributed by atoms with E-state index < -0.39 is 0 Å². The summed E-state index contributed by atoms with van der Waals surface area (Å²) in [5.41, 5.74) is 0.625. The molecule has 158 valence electrons. The number of aromatic nitrogens is 2. The Labute approximate surface area is 170 Å². The van der Waals surface area contributed by atoms with Gasteiger partial charge < -0.3 is 19.4 Å². The molecular weight excluding hydrogens is 372 g/mol. The van der Waals surface area contributed by atoms with Crippen LogP contribution in [0.3, 0.4) is 0 Å². The van der Waals surface area contributed by atoms with Crippen LogP contribution in [0.1, 0.15) is 64.7 Å². The van der Waals surface area contributed by atoms with Crippen molar-refractivity contribution in [1.29, 1.82) is 0 Å². The quantitative estimate of drug-likeness (QED) is 0.785. The summed E-state index contributed by atoms with van der Waals surface area (Å²) in [4.78, 5) is 25.4. The fourth-order valence-electron chi connectivity index (χ4n) is 5.63. The van der Waals surface area contributed by atoms with E-state index >= 15 is 0 Å². The third kappa shape index (κ3) is 3.20. The van der Waals surface area contributed by atoms with E-state index in [-0.39, 0.29) is 28.9 Å². The molecule has 2 saturated heterocycles. The second-order valence-corrected chi connectivity index (χ2v) is 10.9. The van der Waals surface area contributed by atoms with Crippen LogP contribution in [0.25, 0.3) is 0 Å². The van der Waals surface area contributed by atoms with Crippen LogP contribution in [0.15, 0.2) is 4.42 Å². The molecule has 6 rings (SSSR count). The zero-order valence-corrected chi connectivity index (χ0v) is 17.5. The van der Waals surface area contributed by atoms with Gasteiger partial charge in [-0.2, -0.15) is 0 Å². The fraction of sp³-hybridized carbons (Fsp3) is 0.810. The molecule has 29 heavy (non-hydrogen) atoms. The smallest absolute Gasteiger partial charge is 0.407 e. The Hall–Kier alpha value is -2.12. The highest BCUT2D eigenvalue weighted by molar-refractivity contribution is 5.77. The summed E-state index contributed by atoms with van der Waals surface area (Å²) in [7, 11) is 0. The summed E-state index contributed by atoms with van der Waals surface area (Å²) in [6.07, 6.45) is 4.90. The Morgan fingerprint density at radius 3 is 2.59 bits per heavy atom. The Morgan fingerprint density at radius 2 is 1.97 bits per heavy atom. The lowest BCUT2D eigenvalue weighted by molar-refractivity contribution is -0.221. The molecule has 1 aromatic heterocycles. The SMILES string of the molecule is CC(C)(C)Cc1nnc(C23CC(C4CN(C(=O)CC[C@@H]5COC(=O)N5)C4)(C2)C3)o1. The molecule has 3 aliphatic carbocycles. The second-order valence-electron chi connectivity index (χ2n) is 10.9. The number of rotatable bonds is 6. The molecule has 1 N–H and O–H groups in total. The first-order valence-corrected chi connectivity index (χ1v) is 10.7. The molecule has 1 atom stereocenters. The monoisotopic (exact) mass is 402 g/mol. The van der Waals surface area contributed by atoms with Gasteiger partial charge in [-0.25, -0.2) is 4.79 Å². The second kappa shape index (κ2) is 6.19. The topological polar surface area (TPSA) is 97.6 Å². The first-order valence-electron chi connectivity index (χ1n) is 10.7. The molecule has 8 heteroatoms. The number of nitrogens with zero attached hydrogens (tertiary/aromatic N) is 3. The van der Waals surface area contributed by atoms with E-state index in [1.165, 1.54) is 0 Å². The third-order valence-corrected chi connectivity index (χ3v) is 7.22. The van der Waals surface area contributed by atoms with Gasteiger partial charge in [0.1, 0.15) is 6.61 Å². The molecule has 0 radical (unpaired) electrons. The summed E-state index contributed by atoms with van der Waals surface area (Å²) in [5, 5.41) is 11.3. The summed E-state index contributed by atoms with van der Waals surface area (Å²) < 4.78 is 10.9.